The molecule has 78 valence electrons. The van der Waals surface area contributed by atoms with Gasteiger partial charge in [0.05, 0.1) is 0 Å². The number of hydrogen-bond donors (Lipinski definition) is 0. The first-order chi connectivity index (χ1) is 6.13. The SMILES string of the molecule is Br.CN(C)C(c1ccccc1)[N+](=O)[O-]. The van der Waals surface area contributed by atoms with E-state index in [9.17, 15) is 10.1 Å². The molecule has 0 N–H and O–H groups in total. The zero-order valence-electron chi connectivity index (χ0n) is 8.08. The maximum absolute atomic E-state index is 10.7. The van der Waals surface area contributed by atoms with Crippen molar-refractivity contribution in [3.63, 3.8) is 0 Å². The van der Waals surface area contributed by atoms with Crippen LogP contribution in [0.25, 0.3) is 0 Å². The Hall–Kier alpha value is -0.940. The molecule has 0 saturated carbocycles. The minimum absolute atomic E-state index is 0. The Kier molecular flexibility index (Phi) is 5.34. The van der Waals surface area contributed by atoms with Crippen LogP contribution in [-0.2, 0) is 0 Å². The molecule has 0 aliphatic carbocycles. The Bertz CT molecular complexity index is 290. The maximum Gasteiger partial charge on any atom is 0.293 e. The lowest BCUT2D eigenvalue weighted by Crippen LogP contribution is -2.26. The fraction of sp³-hybridized carbons (Fsp3) is 0.333. The quantitative estimate of drug-likeness (QED) is 0.475. The molecule has 0 bridgehead atoms. The van der Waals surface area contributed by atoms with Gasteiger partial charge in [-0.3, -0.25) is 10.1 Å². The Morgan fingerprint density at radius 2 is 1.79 bits per heavy atom. The molecule has 0 amide bonds. The van der Waals surface area contributed by atoms with Gasteiger partial charge in [0.25, 0.3) is 6.17 Å². The van der Waals surface area contributed by atoms with E-state index in [1.165, 1.54) is 0 Å². The summed E-state index contributed by atoms with van der Waals surface area (Å²) < 4.78 is 0. The zero-order chi connectivity index (χ0) is 9.84. The summed E-state index contributed by atoms with van der Waals surface area (Å²) in [7, 11) is 3.39. The van der Waals surface area contributed by atoms with Gasteiger partial charge in [0.1, 0.15) is 0 Å². The van der Waals surface area contributed by atoms with E-state index in [1.54, 1.807) is 43.3 Å². The minimum atomic E-state index is -0.749. The molecule has 0 saturated heterocycles. The summed E-state index contributed by atoms with van der Waals surface area (Å²) in [5.41, 5.74) is 0.706. The van der Waals surface area contributed by atoms with Crippen LogP contribution >= 0.6 is 17.0 Å². The fourth-order valence-electron chi connectivity index (χ4n) is 1.23. The summed E-state index contributed by atoms with van der Waals surface area (Å²) in [5.74, 6) is 0. The Balaban J connectivity index is 0.00000169. The molecule has 1 aromatic rings. The smallest absolute Gasteiger partial charge is 0.262 e. The second kappa shape index (κ2) is 5.72. The predicted octanol–water partition coefficient (Wildman–Crippen LogP) is 2.10. The van der Waals surface area contributed by atoms with Gasteiger partial charge in [0.2, 0.25) is 0 Å². The van der Waals surface area contributed by atoms with Crippen LogP contribution in [0.4, 0.5) is 0 Å². The number of halogens is 1. The van der Waals surface area contributed by atoms with Crippen LogP contribution in [-0.4, -0.2) is 23.9 Å². The van der Waals surface area contributed by atoms with Crippen molar-refractivity contribution in [2.75, 3.05) is 14.1 Å². The van der Waals surface area contributed by atoms with Crippen LogP contribution in [0.2, 0.25) is 0 Å². The fourth-order valence-corrected chi connectivity index (χ4v) is 1.23. The van der Waals surface area contributed by atoms with Crippen molar-refractivity contribution in [2.24, 2.45) is 0 Å². The Morgan fingerprint density at radius 1 is 1.29 bits per heavy atom. The third kappa shape index (κ3) is 3.08. The van der Waals surface area contributed by atoms with E-state index in [4.69, 9.17) is 0 Å². The van der Waals surface area contributed by atoms with Gasteiger partial charge in [-0.1, -0.05) is 30.3 Å². The predicted molar refractivity (Wildman–Crippen MR) is 60.2 cm³/mol. The Morgan fingerprint density at radius 3 is 2.14 bits per heavy atom. The van der Waals surface area contributed by atoms with Crippen LogP contribution in [0.5, 0.6) is 0 Å². The molecular weight excluding hydrogens is 248 g/mol. The second-order valence-electron chi connectivity index (χ2n) is 3.03. The van der Waals surface area contributed by atoms with Crippen molar-refractivity contribution in [3.05, 3.63) is 46.0 Å². The molecule has 0 radical (unpaired) electrons. The van der Waals surface area contributed by atoms with Crippen LogP contribution < -0.4 is 0 Å². The van der Waals surface area contributed by atoms with E-state index >= 15 is 0 Å². The number of nitrogens with zero attached hydrogens (tertiary/aromatic N) is 2. The van der Waals surface area contributed by atoms with Crippen molar-refractivity contribution >= 4 is 17.0 Å². The summed E-state index contributed by atoms with van der Waals surface area (Å²) >= 11 is 0. The van der Waals surface area contributed by atoms with Crippen molar-refractivity contribution in [1.82, 2.24) is 4.90 Å². The van der Waals surface area contributed by atoms with Gasteiger partial charge in [-0.25, -0.2) is 4.90 Å². The molecule has 1 unspecified atom stereocenters. The standard InChI is InChI=1S/C9H12N2O2.BrH/c1-10(2)9(11(12)13)8-6-4-3-5-7-8;/h3-7,9H,1-2H3;1H. The van der Waals surface area contributed by atoms with Crippen molar-refractivity contribution < 1.29 is 4.92 Å². The summed E-state index contributed by atoms with van der Waals surface area (Å²) in [6, 6.07) is 8.96. The van der Waals surface area contributed by atoms with Crippen molar-refractivity contribution in [3.8, 4) is 0 Å². The number of benzene rings is 1. The molecule has 0 aliphatic heterocycles. The molecule has 14 heavy (non-hydrogen) atoms. The van der Waals surface area contributed by atoms with Gasteiger partial charge < -0.3 is 0 Å². The summed E-state index contributed by atoms with van der Waals surface area (Å²) in [6.45, 7) is 0. The molecular formula is C9H13BrN2O2. The highest BCUT2D eigenvalue weighted by molar-refractivity contribution is 8.93. The van der Waals surface area contributed by atoms with Gasteiger partial charge >= 0.3 is 0 Å². The largest absolute Gasteiger partial charge is 0.293 e. The highest BCUT2D eigenvalue weighted by Crippen LogP contribution is 2.17. The number of nitro groups is 1. The molecule has 1 atom stereocenters. The molecule has 0 aliphatic rings. The monoisotopic (exact) mass is 260 g/mol. The number of rotatable bonds is 3. The second-order valence-corrected chi connectivity index (χ2v) is 3.03. The van der Waals surface area contributed by atoms with E-state index in [-0.39, 0.29) is 21.9 Å². The first kappa shape index (κ1) is 13.1. The van der Waals surface area contributed by atoms with Crippen molar-refractivity contribution in [2.45, 2.75) is 6.17 Å². The number of hydrogen-bond acceptors (Lipinski definition) is 3. The first-order valence-corrected chi connectivity index (χ1v) is 3.98. The third-order valence-electron chi connectivity index (χ3n) is 1.79. The van der Waals surface area contributed by atoms with Crippen LogP contribution in [0.3, 0.4) is 0 Å². The highest BCUT2D eigenvalue weighted by Gasteiger charge is 2.24. The van der Waals surface area contributed by atoms with Gasteiger partial charge in [-0.2, -0.15) is 0 Å². The lowest BCUT2D eigenvalue weighted by atomic mass is 10.2. The Labute approximate surface area is 93.5 Å². The summed E-state index contributed by atoms with van der Waals surface area (Å²) in [6.07, 6.45) is -0.749. The highest BCUT2D eigenvalue weighted by atomic mass is 79.9. The van der Waals surface area contributed by atoms with Gasteiger partial charge in [-0.15, -0.1) is 17.0 Å². The molecule has 0 heterocycles. The maximum atomic E-state index is 10.7. The summed E-state index contributed by atoms with van der Waals surface area (Å²) in [4.78, 5) is 12.0. The van der Waals surface area contributed by atoms with E-state index in [2.05, 4.69) is 0 Å². The van der Waals surface area contributed by atoms with Crippen LogP contribution in [0.15, 0.2) is 30.3 Å². The van der Waals surface area contributed by atoms with E-state index < -0.39 is 6.17 Å². The lowest BCUT2D eigenvalue weighted by molar-refractivity contribution is -0.555. The molecule has 4 nitrogen and oxygen atoms in total. The van der Waals surface area contributed by atoms with Crippen LogP contribution in [0, 0.1) is 10.1 Å². The average molecular weight is 261 g/mol. The molecule has 0 fully saturated rings. The van der Waals surface area contributed by atoms with E-state index in [0.29, 0.717) is 5.56 Å². The molecule has 5 heteroatoms. The normalized spacial score (nSPS) is 11.9. The van der Waals surface area contributed by atoms with Crippen molar-refractivity contribution in [1.29, 1.82) is 0 Å². The zero-order valence-corrected chi connectivity index (χ0v) is 9.80. The molecule has 0 aromatic heterocycles. The van der Waals surface area contributed by atoms with Gasteiger partial charge in [0, 0.05) is 10.5 Å². The van der Waals surface area contributed by atoms with Gasteiger partial charge in [-0.05, 0) is 14.1 Å². The lowest BCUT2D eigenvalue weighted by Gasteiger charge is -2.15. The molecule has 0 spiro atoms. The van der Waals surface area contributed by atoms with Gasteiger partial charge in [0.15, 0.2) is 0 Å². The van der Waals surface area contributed by atoms with Crippen LogP contribution in [0.1, 0.15) is 11.7 Å². The minimum Gasteiger partial charge on any atom is -0.262 e. The molecule has 1 aromatic carbocycles. The first-order valence-electron chi connectivity index (χ1n) is 3.98. The average Bonchev–Trinajstić information content (AvgIpc) is 2.04. The van der Waals surface area contributed by atoms with E-state index in [0.717, 1.165) is 0 Å². The third-order valence-corrected chi connectivity index (χ3v) is 1.79. The van der Waals surface area contributed by atoms with E-state index in [1.807, 2.05) is 6.07 Å². The summed E-state index contributed by atoms with van der Waals surface area (Å²) in [5, 5.41) is 10.7. The molecule has 1 rings (SSSR count). The topological polar surface area (TPSA) is 46.4 Å².